The molecule has 0 bridgehead atoms. The standard InChI is InChI=1S/C21H23N5O3/c1-3-18-17(13-25-26(18)19-6-4-5-11-22-19)21(28)24-14-20(27)23-12-15-7-9-16(29-2)10-8-15/h4-11,13H,3,12,14H2,1-2H3,(H,23,27)(H,24,28). The second-order valence-electron chi connectivity index (χ2n) is 6.27. The lowest BCUT2D eigenvalue weighted by atomic mass is 10.2. The summed E-state index contributed by atoms with van der Waals surface area (Å²) in [5, 5.41) is 9.70. The zero-order chi connectivity index (χ0) is 20.6. The maximum absolute atomic E-state index is 12.5. The van der Waals surface area contributed by atoms with E-state index in [9.17, 15) is 9.59 Å². The molecule has 29 heavy (non-hydrogen) atoms. The molecule has 150 valence electrons. The number of nitrogens with zero attached hydrogens (tertiary/aromatic N) is 3. The van der Waals surface area contributed by atoms with E-state index in [1.54, 1.807) is 18.0 Å². The number of hydrogen-bond donors (Lipinski definition) is 2. The Kier molecular flexibility index (Phi) is 6.57. The third-order valence-corrected chi connectivity index (χ3v) is 4.37. The Bertz CT molecular complexity index is 968. The topological polar surface area (TPSA) is 98.1 Å². The van der Waals surface area contributed by atoms with Crippen molar-refractivity contribution in [2.24, 2.45) is 0 Å². The minimum Gasteiger partial charge on any atom is -0.497 e. The molecule has 8 nitrogen and oxygen atoms in total. The molecule has 0 saturated heterocycles. The average molecular weight is 393 g/mol. The Morgan fingerprint density at radius 1 is 1.10 bits per heavy atom. The van der Waals surface area contributed by atoms with E-state index < -0.39 is 0 Å². The molecule has 1 aromatic carbocycles. The zero-order valence-electron chi connectivity index (χ0n) is 16.4. The fourth-order valence-corrected chi connectivity index (χ4v) is 2.84. The van der Waals surface area contributed by atoms with Crippen LogP contribution in [0.2, 0.25) is 0 Å². The van der Waals surface area contributed by atoms with Crippen molar-refractivity contribution >= 4 is 11.8 Å². The third kappa shape index (κ3) is 4.98. The molecular formula is C21H23N5O3. The fraction of sp³-hybridized carbons (Fsp3) is 0.238. The second-order valence-corrected chi connectivity index (χ2v) is 6.27. The highest BCUT2D eigenvalue weighted by Gasteiger charge is 2.18. The van der Waals surface area contributed by atoms with Crippen molar-refractivity contribution < 1.29 is 14.3 Å². The number of carbonyl (C=O) groups is 2. The van der Waals surface area contributed by atoms with E-state index in [1.807, 2.05) is 49.4 Å². The highest BCUT2D eigenvalue weighted by molar-refractivity contribution is 5.97. The first kappa shape index (κ1) is 20.1. The number of rotatable bonds is 8. The van der Waals surface area contributed by atoms with E-state index in [4.69, 9.17) is 4.74 Å². The van der Waals surface area contributed by atoms with Crippen LogP contribution < -0.4 is 15.4 Å². The van der Waals surface area contributed by atoms with Crippen LogP contribution in [0.3, 0.4) is 0 Å². The van der Waals surface area contributed by atoms with Gasteiger partial charge in [-0.3, -0.25) is 9.59 Å². The van der Waals surface area contributed by atoms with Crippen molar-refractivity contribution in [3.63, 3.8) is 0 Å². The minimum absolute atomic E-state index is 0.118. The maximum atomic E-state index is 12.5. The van der Waals surface area contributed by atoms with Crippen LogP contribution in [0.15, 0.2) is 54.9 Å². The van der Waals surface area contributed by atoms with E-state index in [0.29, 0.717) is 24.3 Å². The van der Waals surface area contributed by atoms with E-state index in [-0.39, 0.29) is 18.4 Å². The van der Waals surface area contributed by atoms with Crippen LogP contribution in [0.5, 0.6) is 5.75 Å². The summed E-state index contributed by atoms with van der Waals surface area (Å²) in [7, 11) is 1.60. The van der Waals surface area contributed by atoms with E-state index in [2.05, 4.69) is 20.7 Å². The lowest BCUT2D eigenvalue weighted by Crippen LogP contribution is -2.36. The number of amides is 2. The Hall–Kier alpha value is -3.68. The maximum Gasteiger partial charge on any atom is 0.255 e. The van der Waals surface area contributed by atoms with Crippen LogP contribution in [-0.2, 0) is 17.8 Å². The fourth-order valence-electron chi connectivity index (χ4n) is 2.84. The number of carbonyl (C=O) groups excluding carboxylic acids is 2. The molecule has 0 atom stereocenters. The Morgan fingerprint density at radius 2 is 1.90 bits per heavy atom. The van der Waals surface area contributed by atoms with Gasteiger partial charge >= 0.3 is 0 Å². The number of hydrogen-bond acceptors (Lipinski definition) is 5. The SMILES string of the molecule is CCc1c(C(=O)NCC(=O)NCc2ccc(OC)cc2)cnn1-c1ccccn1. The summed E-state index contributed by atoms with van der Waals surface area (Å²) in [4.78, 5) is 28.9. The first-order valence-corrected chi connectivity index (χ1v) is 9.28. The number of benzene rings is 1. The molecule has 0 fully saturated rings. The predicted molar refractivity (Wildman–Crippen MR) is 108 cm³/mol. The van der Waals surface area contributed by atoms with E-state index in [0.717, 1.165) is 17.0 Å². The van der Waals surface area contributed by atoms with Gasteiger partial charge in [0.05, 0.1) is 31.1 Å². The van der Waals surface area contributed by atoms with Gasteiger partial charge in [-0.1, -0.05) is 25.1 Å². The summed E-state index contributed by atoms with van der Waals surface area (Å²) < 4.78 is 6.74. The molecule has 8 heteroatoms. The van der Waals surface area contributed by atoms with Crippen molar-refractivity contribution in [3.05, 3.63) is 71.7 Å². The van der Waals surface area contributed by atoms with Crippen LogP contribution in [0.25, 0.3) is 5.82 Å². The molecule has 0 aliphatic heterocycles. The number of ether oxygens (including phenoxy) is 1. The van der Waals surface area contributed by atoms with Gasteiger partial charge in [-0.25, -0.2) is 9.67 Å². The molecule has 0 unspecified atom stereocenters. The molecule has 3 aromatic rings. The van der Waals surface area contributed by atoms with Gasteiger partial charge in [-0.2, -0.15) is 5.10 Å². The van der Waals surface area contributed by atoms with Crippen molar-refractivity contribution in [2.75, 3.05) is 13.7 Å². The number of pyridine rings is 1. The largest absolute Gasteiger partial charge is 0.497 e. The Balaban J connectivity index is 1.56. The molecular weight excluding hydrogens is 370 g/mol. The van der Waals surface area contributed by atoms with Gasteiger partial charge in [0.15, 0.2) is 5.82 Å². The van der Waals surface area contributed by atoms with Crippen molar-refractivity contribution in [2.45, 2.75) is 19.9 Å². The van der Waals surface area contributed by atoms with Crippen molar-refractivity contribution in [1.29, 1.82) is 0 Å². The zero-order valence-corrected chi connectivity index (χ0v) is 16.4. The Labute approximate surface area is 168 Å². The molecule has 2 amide bonds. The third-order valence-electron chi connectivity index (χ3n) is 4.37. The summed E-state index contributed by atoms with van der Waals surface area (Å²) in [6.07, 6.45) is 3.77. The molecule has 0 spiro atoms. The minimum atomic E-state index is -0.344. The van der Waals surface area contributed by atoms with Gasteiger partial charge in [0.25, 0.3) is 5.91 Å². The highest BCUT2D eigenvalue weighted by Crippen LogP contribution is 2.14. The normalized spacial score (nSPS) is 10.4. The van der Waals surface area contributed by atoms with Crippen LogP contribution in [0.1, 0.15) is 28.5 Å². The van der Waals surface area contributed by atoms with Gasteiger partial charge in [-0.15, -0.1) is 0 Å². The highest BCUT2D eigenvalue weighted by atomic mass is 16.5. The van der Waals surface area contributed by atoms with Gasteiger partial charge in [-0.05, 0) is 36.2 Å². The lowest BCUT2D eigenvalue weighted by Gasteiger charge is -2.09. The summed E-state index contributed by atoms with van der Waals surface area (Å²) in [5.41, 5.74) is 2.11. The summed E-state index contributed by atoms with van der Waals surface area (Å²) in [5.74, 6) is 0.777. The quantitative estimate of drug-likeness (QED) is 0.609. The van der Waals surface area contributed by atoms with E-state index in [1.165, 1.54) is 6.20 Å². The van der Waals surface area contributed by atoms with Crippen LogP contribution >= 0.6 is 0 Å². The summed E-state index contributed by atoms with van der Waals surface area (Å²) in [6.45, 7) is 2.19. The first-order valence-electron chi connectivity index (χ1n) is 9.28. The molecule has 0 aliphatic rings. The number of nitrogens with one attached hydrogen (secondary N) is 2. The van der Waals surface area contributed by atoms with Crippen molar-refractivity contribution in [1.82, 2.24) is 25.4 Å². The smallest absolute Gasteiger partial charge is 0.255 e. The molecule has 3 rings (SSSR count). The lowest BCUT2D eigenvalue weighted by molar-refractivity contribution is -0.120. The first-order chi connectivity index (χ1) is 14.1. The summed E-state index contributed by atoms with van der Waals surface area (Å²) in [6, 6.07) is 12.9. The van der Waals surface area contributed by atoms with Gasteiger partial charge in [0.1, 0.15) is 5.75 Å². The van der Waals surface area contributed by atoms with Crippen LogP contribution in [0, 0.1) is 0 Å². The number of aromatic nitrogens is 3. The number of methoxy groups -OCH3 is 1. The molecule has 2 heterocycles. The van der Waals surface area contributed by atoms with Crippen LogP contribution in [-0.4, -0.2) is 40.2 Å². The molecule has 0 radical (unpaired) electrons. The molecule has 0 saturated carbocycles. The van der Waals surface area contributed by atoms with Crippen molar-refractivity contribution in [3.8, 4) is 11.6 Å². The van der Waals surface area contributed by atoms with E-state index >= 15 is 0 Å². The Morgan fingerprint density at radius 3 is 2.55 bits per heavy atom. The monoisotopic (exact) mass is 393 g/mol. The van der Waals surface area contributed by atoms with Crippen LogP contribution in [0.4, 0.5) is 0 Å². The van der Waals surface area contributed by atoms with Gasteiger partial charge in [0, 0.05) is 12.7 Å². The summed E-state index contributed by atoms with van der Waals surface area (Å²) >= 11 is 0. The molecule has 2 aromatic heterocycles. The van der Waals surface area contributed by atoms with Gasteiger partial charge < -0.3 is 15.4 Å². The molecule has 0 aliphatic carbocycles. The average Bonchev–Trinajstić information content (AvgIpc) is 3.21. The van der Waals surface area contributed by atoms with Gasteiger partial charge in [0.2, 0.25) is 5.91 Å². The molecule has 2 N–H and O–H groups in total. The predicted octanol–water partition coefficient (Wildman–Crippen LogP) is 1.88. The second kappa shape index (κ2) is 9.50.